The molecule has 1 saturated heterocycles. The summed E-state index contributed by atoms with van der Waals surface area (Å²) in [5, 5.41) is 8.69. The summed E-state index contributed by atoms with van der Waals surface area (Å²) in [5.41, 5.74) is 0.0982. The van der Waals surface area contributed by atoms with Crippen molar-refractivity contribution < 1.29 is 13.5 Å². The largest absolute Gasteiger partial charge is 0.396 e. The first-order chi connectivity index (χ1) is 7.77. The van der Waals surface area contributed by atoms with Crippen LogP contribution in [-0.4, -0.2) is 66.8 Å². The molecule has 1 rings (SSSR count). The monoisotopic (exact) mass is 264 g/mol. The highest BCUT2D eigenvalue weighted by Crippen LogP contribution is 2.17. The van der Waals surface area contributed by atoms with Crippen LogP contribution in [0.4, 0.5) is 0 Å². The van der Waals surface area contributed by atoms with E-state index < -0.39 is 10.0 Å². The zero-order valence-electron chi connectivity index (χ0n) is 11.0. The highest BCUT2D eigenvalue weighted by Gasteiger charge is 2.30. The molecular formula is C11H24N2O3S. The van der Waals surface area contributed by atoms with Crippen molar-refractivity contribution in [3.05, 3.63) is 0 Å². The Bertz CT molecular complexity index is 327. The molecule has 0 saturated carbocycles. The molecule has 0 radical (unpaired) electrons. The fourth-order valence-electron chi connectivity index (χ4n) is 2.01. The maximum absolute atomic E-state index is 11.9. The van der Waals surface area contributed by atoms with Crippen LogP contribution in [0.3, 0.4) is 0 Å². The van der Waals surface area contributed by atoms with Gasteiger partial charge >= 0.3 is 0 Å². The summed E-state index contributed by atoms with van der Waals surface area (Å²) in [6.07, 6.45) is 0.321. The highest BCUT2D eigenvalue weighted by molar-refractivity contribution is 7.89. The smallest absolute Gasteiger partial charge is 0.214 e. The Hall–Kier alpha value is -0.170. The molecule has 5 nitrogen and oxygen atoms in total. The SMILES string of the molecule is CC(C)(C)N1CCN(S(=O)(=O)CCCO)CC1. The lowest BCUT2D eigenvalue weighted by Crippen LogP contribution is -2.54. The van der Waals surface area contributed by atoms with Crippen LogP contribution in [0, 0.1) is 0 Å². The second-order valence-electron chi connectivity index (χ2n) is 5.45. The number of hydrogen-bond donors (Lipinski definition) is 1. The summed E-state index contributed by atoms with van der Waals surface area (Å²) < 4.78 is 25.3. The average Bonchev–Trinajstić information content (AvgIpc) is 2.25. The fourth-order valence-corrected chi connectivity index (χ4v) is 3.48. The third-order valence-electron chi connectivity index (χ3n) is 3.14. The molecule has 102 valence electrons. The minimum absolute atomic E-state index is 0.0546. The van der Waals surface area contributed by atoms with E-state index in [2.05, 4.69) is 25.7 Å². The van der Waals surface area contributed by atoms with E-state index in [0.29, 0.717) is 19.5 Å². The van der Waals surface area contributed by atoms with Gasteiger partial charge in [-0.25, -0.2) is 8.42 Å². The highest BCUT2D eigenvalue weighted by atomic mass is 32.2. The minimum atomic E-state index is -3.17. The minimum Gasteiger partial charge on any atom is -0.396 e. The Morgan fingerprint density at radius 1 is 1.12 bits per heavy atom. The Morgan fingerprint density at radius 3 is 2.06 bits per heavy atom. The molecule has 0 aromatic heterocycles. The number of aliphatic hydroxyl groups excluding tert-OH is 1. The Morgan fingerprint density at radius 2 is 1.65 bits per heavy atom. The summed E-state index contributed by atoms with van der Waals surface area (Å²) in [6.45, 7) is 9.04. The normalized spacial score (nSPS) is 20.7. The molecule has 1 fully saturated rings. The average molecular weight is 264 g/mol. The first kappa shape index (κ1) is 14.9. The van der Waals surface area contributed by atoms with E-state index in [9.17, 15) is 8.42 Å². The van der Waals surface area contributed by atoms with Crippen LogP contribution >= 0.6 is 0 Å². The van der Waals surface area contributed by atoms with Crippen molar-refractivity contribution in [3.63, 3.8) is 0 Å². The van der Waals surface area contributed by atoms with Gasteiger partial charge in [0.1, 0.15) is 0 Å². The number of aliphatic hydroxyl groups is 1. The van der Waals surface area contributed by atoms with Gasteiger partial charge in [-0.05, 0) is 27.2 Å². The number of rotatable bonds is 4. The molecular weight excluding hydrogens is 240 g/mol. The van der Waals surface area contributed by atoms with Crippen LogP contribution in [0.2, 0.25) is 0 Å². The van der Waals surface area contributed by atoms with Crippen LogP contribution in [0.15, 0.2) is 0 Å². The Balaban J connectivity index is 2.52. The van der Waals surface area contributed by atoms with E-state index in [0.717, 1.165) is 13.1 Å². The van der Waals surface area contributed by atoms with Crippen LogP contribution in [0.25, 0.3) is 0 Å². The summed E-state index contributed by atoms with van der Waals surface area (Å²) in [7, 11) is -3.17. The van der Waals surface area contributed by atoms with Gasteiger partial charge < -0.3 is 5.11 Å². The lowest BCUT2D eigenvalue weighted by Gasteiger charge is -2.41. The molecule has 1 aliphatic rings. The topological polar surface area (TPSA) is 60.9 Å². The molecule has 0 atom stereocenters. The molecule has 0 amide bonds. The Labute approximate surface area is 104 Å². The lowest BCUT2D eigenvalue weighted by molar-refractivity contribution is 0.0921. The summed E-state index contributed by atoms with van der Waals surface area (Å²) in [4.78, 5) is 2.30. The molecule has 6 heteroatoms. The van der Waals surface area contributed by atoms with Gasteiger partial charge in [-0.2, -0.15) is 4.31 Å². The summed E-state index contributed by atoms with van der Waals surface area (Å²) >= 11 is 0. The van der Waals surface area contributed by atoms with Gasteiger partial charge in [0.2, 0.25) is 10.0 Å². The zero-order valence-corrected chi connectivity index (χ0v) is 11.8. The van der Waals surface area contributed by atoms with Gasteiger partial charge in [0.25, 0.3) is 0 Å². The van der Waals surface area contributed by atoms with Gasteiger partial charge in [-0.15, -0.1) is 0 Å². The van der Waals surface area contributed by atoms with Gasteiger partial charge in [0.15, 0.2) is 0 Å². The van der Waals surface area contributed by atoms with Crippen LogP contribution in [0.1, 0.15) is 27.2 Å². The van der Waals surface area contributed by atoms with Crippen molar-refractivity contribution in [2.45, 2.75) is 32.7 Å². The van der Waals surface area contributed by atoms with Gasteiger partial charge in [0.05, 0.1) is 5.75 Å². The van der Waals surface area contributed by atoms with E-state index in [1.54, 1.807) is 4.31 Å². The molecule has 17 heavy (non-hydrogen) atoms. The van der Waals surface area contributed by atoms with E-state index in [1.165, 1.54) is 0 Å². The van der Waals surface area contributed by atoms with Crippen LogP contribution in [0.5, 0.6) is 0 Å². The molecule has 0 aliphatic carbocycles. The van der Waals surface area contributed by atoms with Gasteiger partial charge in [-0.3, -0.25) is 4.90 Å². The van der Waals surface area contributed by atoms with Crippen LogP contribution < -0.4 is 0 Å². The third-order valence-corrected chi connectivity index (χ3v) is 5.10. The van der Waals surface area contributed by atoms with E-state index >= 15 is 0 Å². The number of nitrogens with zero attached hydrogens (tertiary/aromatic N) is 2. The van der Waals surface area contributed by atoms with Crippen molar-refractivity contribution in [2.24, 2.45) is 0 Å². The van der Waals surface area contributed by atoms with Crippen molar-refractivity contribution in [3.8, 4) is 0 Å². The van der Waals surface area contributed by atoms with Crippen molar-refractivity contribution in [1.29, 1.82) is 0 Å². The number of piperazine rings is 1. The van der Waals surface area contributed by atoms with Crippen molar-refractivity contribution in [2.75, 3.05) is 38.5 Å². The standard InChI is InChI=1S/C11H24N2O3S/c1-11(2,3)12-5-7-13(8-6-12)17(15,16)10-4-9-14/h14H,4-10H2,1-3H3. The second-order valence-corrected chi connectivity index (χ2v) is 7.54. The fraction of sp³-hybridized carbons (Fsp3) is 1.00. The van der Waals surface area contributed by atoms with E-state index in [-0.39, 0.29) is 17.9 Å². The molecule has 0 aromatic carbocycles. The first-order valence-electron chi connectivity index (χ1n) is 6.11. The molecule has 0 unspecified atom stereocenters. The summed E-state index contributed by atoms with van der Waals surface area (Å²) in [5.74, 6) is 0.0546. The third kappa shape index (κ3) is 4.21. The van der Waals surface area contributed by atoms with Gasteiger partial charge in [-0.1, -0.05) is 0 Å². The zero-order chi connectivity index (χ0) is 13.1. The Kier molecular flexibility index (Phi) is 4.95. The van der Waals surface area contributed by atoms with Crippen LogP contribution in [-0.2, 0) is 10.0 Å². The number of sulfonamides is 1. The molecule has 0 spiro atoms. The predicted molar refractivity (Wildman–Crippen MR) is 68.4 cm³/mol. The molecule has 1 N–H and O–H groups in total. The quantitative estimate of drug-likeness (QED) is 0.783. The maximum Gasteiger partial charge on any atom is 0.214 e. The second kappa shape index (κ2) is 5.65. The molecule has 1 aliphatic heterocycles. The first-order valence-corrected chi connectivity index (χ1v) is 7.72. The predicted octanol–water partition coefficient (Wildman–Crippen LogP) is 0.115. The molecule has 0 bridgehead atoms. The van der Waals surface area contributed by atoms with E-state index in [1.807, 2.05) is 0 Å². The lowest BCUT2D eigenvalue weighted by atomic mass is 10.1. The van der Waals surface area contributed by atoms with E-state index in [4.69, 9.17) is 5.11 Å². The van der Waals surface area contributed by atoms with Gasteiger partial charge in [0, 0.05) is 38.3 Å². The van der Waals surface area contributed by atoms with Crippen molar-refractivity contribution in [1.82, 2.24) is 9.21 Å². The molecule has 1 heterocycles. The molecule has 0 aromatic rings. The summed E-state index contributed by atoms with van der Waals surface area (Å²) in [6, 6.07) is 0. The van der Waals surface area contributed by atoms with Crippen molar-refractivity contribution >= 4 is 10.0 Å². The number of hydrogen-bond acceptors (Lipinski definition) is 4. The maximum atomic E-state index is 11.9.